The van der Waals surface area contributed by atoms with Crippen LogP contribution in [0.2, 0.25) is 0 Å². The van der Waals surface area contributed by atoms with E-state index < -0.39 is 0 Å². The Hall–Kier alpha value is -3.40. The van der Waals surface area contributed by atoms with E-state index in [1.807, 2.05) is 86.6 Å². The second-order valence-electron chi connectivity index (χ2n) is 7.63. The molecule has 4 rings (SSSR count). The van der Waals surface area contributed by atoms with Gasteiger partial charge in [-0.25, -0.2) is 0 Å². The Kier molecular flexibility index (Phi) is 5.17. The topological polar surface area (TPSA) is 49.4 Å². The van der Waals surface area contributed by atoms with E-state index in [1.165, 1.54) is 0 Å². The van der Waals surface area contributed by atoms with Gasteiger partial charge in [0.15, 0.2) is 0 Å². The lowest BCUT2D eigenvalue weighted by molar-refractivity contribution is -0.122. The Morgan fingerprint density at radius 1 is 0.931 bits per heavy atom. The predicted molar refractivity (Wildman–Crippen MR) is 117 cm³/mol. The van der Waals surface area contributed by atoms with Crippen molar-refractivity contribution in [3.8, 4) is 11.1 Å². The van der Waals surface area contributed by atoms with Crippen LogP contribution in [0.1, 0.15) is 17.5 Å². The number of hydrogen-bond acceptors (Lipinski definition) is 2. The van der Waals surface area contributed by atoms with Gasteiger partial charge in [0.2, 0.25) is 11.8 Å². The lowest BCUT2D eigenvalue weighted by atomic mass is 10.0. The van der Waals surface area contributed by atoms with Gasteiger partial charge in [-0.15, -0.1) is 0 Å². The van der Waals surface area contributed by atoms with Gasteiger partial charge in [0, 0.05) is 24.3 Å². The van der Waals surface area contributed by atoms with Gasteiger partial charge in [-0.1, -0.05) is 54.6 Å². The van der Waals surface area contributed by atoms with Gasteiger partial charge in [0.1, 0.15) is 0 Å². The Balaban J connectivity index is 1.49. The number of aryl methyl sites for hydroxylation is 2. The molecule has 0 bridgehead atoms. The van der Waals surface area contributed by atoms with Crippen molar-refractivity contribution in [1.82, 2.24) is 0 Å². The van der Waals surface area contributed by atoms with Crippen molar-refractivity contribution in [2.24, 2.45) is 5.92 Å². The Morgan fingerprint density at radius 3 is 2.48 bits per heavy atom. The molecule has 1 N–H and O–H groups in total. The van der Waals surface area contributed by atoms with Gasteiger partial charge in [-0.05, 0) is 54.3 Å². The summed E-state index contributed by atoms with van der Waals surface area (Å²) < 4.78 is 0. The molecule has 1 unspecified atom stereocenters. The zero-order valence-corrected chi connectivity index (χ0v) is 16.7. The first-order valence-electron chi connectivity index (χ1n) is 9.85. The zero-order chi connectivity index (χ0) is 20.4. The molecule has 4 nitrogen and oxygen atoms in total. The van der Waals surface area contributed by atoms with Crippen LogP contribution in [0.25, 0.3) is 11.1 Å². The molecule has 0 saturated carbocycles. The second kappa shape index (κ2) is 7.92. The van der Waals surface area contributed by atoms with Crippen molar-refractivity contribution in [2.75, 3.05) is 16.8 Å². The third-order valence-corrected chi connectivity index (χ3v) is 5.39. The summed E-state index contributed by atoms with van der Waals surface area (Å²) in [5.41, 5.74) is 5.93. The number of carbonyl (C=O) groups is 2. The molecule has 146 valence electrons. The third kappa shape index (κ3) is 4.06. The van der Waals surface area contributed by atoms with Crippen molar-refractivity contribution in [2.45, 2.75) is 20.3 Å². The SMILES string of the molecule is Cc1ccc(C)c(N2CC(C(=O)Nc3cccc(-c4ccccc4)c3)CC2=O)c1. The smallest absolute Gasteiger partial charge is 0.229 e. The molecule has 0 aliphatic carbocycles. The average molecular weight is 384 g/mol. The summed E-state index contributed by atoms with van der Waals surface area (Å²) >= 11 is 0. The van der Waals surface area contributed by atoms with Crippen LogP contribution in [0.15, 0.2) is 72.8 Å². The summed E-state index contributed by atoms with van der Waals surface area (Å²) in [5, 5.41) is 2.99. The quantitative estimate of drug-likeness (QED) is 0.691. The first-order valence-corrected chi connectivity index (χ1v) is 9.85. The number of hydrogen-bond donors (Lipinski definition) is 1. The first-order chi connectivity index (χ1) is 14.0. The lowest BCUT2D eigenvalue weighted by Crippen LogP contribution is -2.28. The van der Waals surface area contributed by atoms with Gasteiger partial charge in [-0.3, -0.25) is 9.59 Å². The van der Waals surface area contributed by atoms with Crippen molar-refractivity contribution < 1.29 is 9.59 Å². The monoisotopic (exact) mass is 384 g/mol. The minimum atomic E-state index is -0.359. The molecule has 1 saturated heterocycles. The number of carbonyl (C=O) groups excluding carboxylic acids is 2. The largest absolute Gasteiger partial charge is 0.326 e. The van der Waals surface area contributed by atoms with Gasteiger partial charge >= 0.3 is 0 Å². The molecule has 29 heavy (non-hydrogen) atoms. The minimum Gasteiger partial charge on any atom is -0.326 e. The summed E-state index contributed by atoms with van der Waals surface area (Å²) in [6, 6.07) is 23.9. The summed E-state index contributed by atoms with van der Waals surface area (Å²) in [4.78, 5) is 27.2. The van der Waals surface area contributed by atoms with E-state index in [0.717, 1.165) is 33.6 Å². The van der Waals surface area contributed by atoms with Crippen LogP contribution in [-0.2, 0) is 9.59 Å². The van der Waals surface area contributed by atoms with Crippen LogP contribution in [0.4, 0.5) is 11.4 Å². The summed E-state index contributed by atoms with van der Waals surface area (Å²) in [6.07, 6.45) is 0.234. The maximum absolute atomic E-state index is 12.8. The second-order valence-corrected chi connectivity index (χ2v) is 7.63. The fourth-order valence-electron chi connectivity index (χ4n) is 3.78. The molecule has 1 fully saturated rings. The fraction of sp³-hybridized carbons (Fsp3) is 0.200. The predicted octanol–water partition coefficient (Wildman–Crippen LogP) is 4.96. The van der Waals surface area contributed by atoms with E-state index in [0.29, 0.717) is 6.54 Å². The summed E-state index contributed by atoms with van der Waals surface area (Å²) in [6.45, 7) is 4.41. The van der Waals surface area contributed by atoms with E-state index in [2.05, 4.69) is 5.32 Å². The highest BCUT2D eigenvalue weighted by atomic mass is 16.2. The molecule has 1 heterocycles. The van der Waals surface area contributed by atoms with Gasteiger partial charge in [-0.2, -0.15) is 0 Å². The molecule has 3 aromatic rings. The van der Waals surface area contributed by atoms with Gasteiger partial charge in [0.05, 0.1) is 5.92 Å². The molecule has 1 atom stereocenters. The first kappa shape index (κ1) is 18.9. The number of nitrogens with one attached hydrogen (secondary N) is 1. The highest BCUT2D eigenvalue weighted by Gasteiger charge is 2.35. The van der Waals surface area contributed by atoms with Gasteiger partial charge < -0.3 is 10.2 Å². The van der Waals surface area contributed by atoms with Crippen LogP contribution in [0, 0.1) is 19.8 Å². The van der Waals surface area contributed by atoms with Gasteiger partial charge in [0.25, 0.3) is 0 Å². The van der Waals surface area contributed by atoms with E-state index in [1.54, 1.807) is 4.90 Å². The molecule has 0 spiro atoms. The van der Waals surface area contributed by atoms with Crippen molar-refractivity contribution in [3.05, 3.63) is 83.9 Å². The molecule has 3 aromatic carbocycles. The van der Waals surface area contributed by atoms with Crippen molar-refractivity contribution in [1.29, 1.82) is 0 Å². The van der Waals surface area contributed by atoms with E-state index in [-0.39, 0.29) is 24.2 Å². The highest BCUT2D eigenvalue weighted by Crippen LogP contribution is 2.30. The number of rotatable bonds is 4. The molecule has 0 radical (unpaired) electrons. The van der Waals surface area contributed by atoms with Crippen LogP contribution < -0.4 is 10.2 Å². The average Bonchev–Trinajstić information content (AvgIpc) is 3.12. The third-order valence-electron chi connectivity index (χ3n) is 5.39. The maximum atomic E-state index is 12.8. The molecule has 1 aliphatic heterocycles. The fourth-order valence-corrected chi connectivity index (χ4v) is 3.78. The molecule has 4 heteroatoms. The normalized spacial score (nSPS) is 16.1. The van der Waals surface area contributed by atoms with Crippen molar-refractivity contribution in [3.63, 3.8) is 0 Å². The number of nitrogens with zero attached hydrogens (tertiary/aromatic N) is 1. The van der Waals surface area contributed by atoms with Crippen LogP contribution >= 0.6 is 0 Å². The number of anilines is 2. The van der Waals surface area contributed by atoms with Crippen LogP contribution in [0.5, 0.6) is 0 Å². The van der Waals surface area contributed by atoms with E-state index in [4.69, 9.17) is 0 Å². The highest BCUT2D eigenvalue weighted by molar-refractivity contribution is 6.04. The van der Waals surface area contributed by atoms with E-state index in [9.17, 15) is 9.59 Å². The molecule has 1 aliphatic rings. The summed E-state index contributed by atoms with van der Waals surface area (Å²) in [5.74, 6) is -0.476. The Bertz CT molecular complexity index is 1060. The Labute approximate surface area is 171 Å². The zero-order valence-electron chi connectivity index (χ0n) is 16.7. The summed E-state index contributed by atoms with van der Waals surface area (Å²) in [7, 11) is 0. The minimum absolute atomic E-state index is 0.00288. The molecular formula is C25H24N2O2. The van der Waals surface area contributed by atoms with E-state index >= 15 is 0 Å². The van der Waals surface area contributed by atoms with Crippen LogP contribution in [0.3, 0.4) is 0 Å². The lowest BCUT2D eigenvalue weighted by Gasteiger charge is -2.19. The van der Waals surface area contributed by atoms with Crippen molar-refractivity contribution >= 4 is 23.2 Å². The standard InChI is InChI=1S/C25H24N2O2/c1-17-11-12-18(2)23(13-17)27-16-21(15-24(27)28)25(29)26-22-10-6-9-20(14-22)19-7-4-3-5-8-19/h3-14,21H,15-16H2,1-2H3,(H,26,29). The maximum Gasteiger partial charge on any atom is 0.229 e. The number of benzene rings is 3. The molecular weight excluding hydrogens is 360 g/mol. The van der Waals surface area contributed by atoms with Crippen LogP contribution in [-0.4, -0.2) is 18.4 Å². The Morgan fingerprint density at radius 2 is 1.69 bits per heavy atom. The molecule has 2 amide bonds. The molecule has 0 aromatic heterocycles. The number of amides is 2.